The molecule has 2 aromatic carbocycles. The Balaban J connectivity index is 1.57. The molecule has 1 saturated heterocycles. The Morgan fingerprint density at radius 1 is 0.929 bits per heavy atom. The number of nitrogens with zero attached hydrogens (tertiary/aromatic N) is 1. The van der Waals surface area contributed by atoms with Gasteiger partial charge in [-0.05, 0) is 49.2 Å². The summed E-state index contributed by atoms with van der Waals surface area (Å²) in [6, 6.07) is 17.6. The molecule has 0 aromatic heterocycles. The third-order valence-corrected chi connectivity index (χ3v) is 4.94. The quantitative estimate of drug-likeness (QED) is 0.813. The fourth-order valence-electron chi connectivity index (χ4n) is 3.42. The van der Waals surface area contributed by atoms with E-state index in [4.69, 9.17) is 0 Å². The van der Waals surface area contributed by atoms with Crippen LogP contribution < -0.4 is 10.6 Å². The first kappa shape index (κ1) is 19.9. The second kappa shape index (κ2) is 8.46. The summed E-state index contributed by atoms with van der Waals surface area (Å²) in [6.07, 6.45) is 1.67. The van der Waals surface area contributed by atoms with Crippen molar-refractivity contribution in [3.05, 3.63) is 54.6 Å². The summed E-state index contributed by atoms with van der Waals surface area (Å²) in [4.78, 5) is 27.1. The van der Waals surface area contributed by atoms with Gasteiger partial charge in [-0.3, -0.25) is 9.59 Å². The predicted molar refractivity (Wildman–Crippen MR) is 114 cm³/mol. The molecule has 1 aliphatic heterocycles. The van der Waals surface area contributed by atoms with Gasteiger partial charge in [-0.15, -0.1) is 0 Å². The van der Waals surface area contributed by atoms with Crippen LogP contribution in [0.3, 0.4) is 0 Å². The Morgan fingerprint density at radius 2 is 1.54 bits per heavy atom. The van der Waals surface area contributed by atoms with Crippen molar-refractivity contribution >= 4 is 28.9 Å². The number of piperidine rings is 1. The average molecular weight is 380 g/mol. The molecule has 1 aliphatic rings. The second-order valence-electron chi connectivity index (χ2n) is 8.40. The average Bonchev–Trinajstić information content (AvgIpc) is 2.69. The molecular weight excluding hydrogens is 350 g/mol. The largest absolute Gasteiger partial charge is 0.356 e. The number of anilines is 3. The number of likely N-dealkylation sites (tertiary alicyclic amines) is 1. The lowest BCUT2D eigenvalue weighted by molar-refractivity contribution is -0.142. The molecule has 0 spiro atoms. The Bertz CT molecular complexity index is 810. The predicted octanol–water partition coefficient (Wildman–Crippen LogP) is 4.65. The van der Waals surface area contributed by atoms with Crippen LogP contribution in [0.5, 0.6) is 0 Å². The zero-order valence-corrected chi connectivity index (χ0v) is 16.9. The lowest BCUT2D eigenvalue weighted by atomic mass is 9.91. The molecule has 148 valence electrons. The molecule has 0 aliphatic carbocycles. The molecule has 1 unspecified atom stereocenters. The van der Waals surface area contributed by atoms with E-state index in [1.807, 2.05) is 80.3 Å². The van der Waals surface area contributed by atoms with Crippen LogP contribution in [0.2, 0.25) is 0 Å². The summed E-state index contributed by atoms with van der Waals surface area (Å²) in [7, 11) is 0. The molecule has 1 atom stereocenters. The van der Waals surface area contributed by atoms with Crippen molar-refractivity contribution in [2.24, 2.45) is 11.3 Å². The first-order valence-electron chi connectivity index (χ1n) is 9.85. The van der Waals surface area contributed by atoms with Crippen molar-refractivity contribution in [1.29, 1.82) is 0 Å². The van der Waals surface area contributed by atoms with Gasteiger partial charge in [-0.25, -0.2) is 0 Å². The maximum Gasteiger partial charge on any atom is 0.229 e. The van der Waals surface area contributed by atoms with E-state index in [2.05, 4.69) is 10.6 Å². The zero-order chi connectivity index (χ0) is 20.1. The van der Waals surface area contributed by atoms with Crippen molar-refractivity contribution in [3.8, 4) is 0 Å². The molecule has 1 fully saturated rings. The highest BCUT2D eigenvalue weighted by Gasteiger charge is 2.33. The van der Waals surface area contributed by atoms with Crippen LogP contribution in [-0.4, -0.2) is 29.8 Å². The van der Waals surface area contributed by atoms with Gasteiger partial charge in [-0.2, -0.15) is 0 Å². The van der Waals surface area contributed by atoms with Crippen molar-refractivity contribution in [3.63, 3.8) is 0 Å². The minimum Gasteiger partial charge on any atom is -0.356 e. The smallest absolute Gasteiger partial charge is 0.229 e. The third-order valence-electron chi connectivity index (χ3n) is 4.94. The van der Waals surface area contributed by atoms with E-state index >= 15 is 0 Å². The zero-order valence-electron chi connectivity index (χ0n) is 16.9. The number of hydrogen-bond donors (Lipinski definition) is 2. The fraction of sp³-hybridized carbons (Fsp3) is 0.391. The van der Waals surface area contributed by atoms with Crippen LogP contribution in [0.1, 0.15) is 33.6 Å². The van der Waals surface area contributed by atoms with Gasteiger partial charge in [0.25, 0.3) is 0 Å². The van der Waals surface area contributed by atoms with Crippen LogP contribution in [0, 0.1) is 11.3 Å². The lowest BCUT2D eigenvalue weighted by Gasteiger charge is -2.35. The summed E-state index contributed by atoms with van der Waals surface area (Å²) in [6.45, 7) is 6.99. The SMILES string of the molecule is CC(C)(C)C(=O)N1CCCC(C(=O)Nc2ccc(Nc3ccccc3)cc2)C1. The fourth-order valence-corrected chi connectivity index (χ4v) is 3.42. The minimum absolute atomic E-state index is 0.0184. The van der Waals surface area contributed by atoms with E-state index in [9.17, 15) is 9.59 Å². The number of carbonyl (C=O) groups is 2. The summed E-state index contributed by atoms with van der Waals surface area (Å²) in [5, 5.41) is 6.32. The lowest BCUT2D eigenvalue weighted by Crippen LogP contribution is -2.47. The van der Waals surface area contributed by atoms with Crippen molar-refractivity contribution in [2.45, 2.75) is 33.6 Å². The normalized spacial score (nSPS) is 17.1. The molecule has 2 amide bonds. The molecule has 0 bridgehead atoms. The van der Waals surface area contributed by atoms with Crippen molar-refractivity contribution in [1.82, 2.24) is 4.90 Å². The standard InChI is InChI=1S/C23H29N3O2/c1-23(2,3)22(28)26-15-7-8-17(16-26)21(27)25-20-13-11-19(12-14-20)24-18-9-5-4-6-10-18/h4-6,9-14,17,24H,7-8,15-16H2,1-3H3,(H,25,27). The van der Waals surface area contributed by atoms with E-state index in [-0.39, 0.29) is 17.7 Å². The van der Waals surface area contributed by atoms with Gasteiger partial charge >= 0.3 is 0 Å². The number of benzene rings is 2. The Labute approximate surface area is 167 Å². The second-order valence-corrected chi connectivity index (χ2v) is 8.40. The van der Waals surface area contributed by atoms with Gasteiger partial charge in [0.15, 0.2) is 0 Å². The van der Waals surface area contributed by atoms with Crippen LogP contribution >= 0.6 is 0 Å². The number of nitrogens with one attached hydrogen (secondary N) is 2. The Kier molecular flexibility index (Phi) is 6.02. The molecule has 28 heavy (non-hydrogen) atoms. The van der Waals surface area contributed by atoms with Gasteiger partial charge in [-0.1, -0.05) is 39.0 Å². The van der Waals surface area contributed by atoms with Gasteiger partial charge in [0.2, 0.25) is 11.8 Å². The molecule has 5 nitrogen and oxygen atoms in total. The molecule has 0 radical (unpaired) electrons. The molecule has 0 saturated carbocycles. The first-order chi connectivity index (χ1) is 13.3. The van der Waals surface area contributed by atoms with Crippen LogP contribution in [-0.2, 0) is 9.59 Å². The molecule has 3 rings (SSSR count). The van der Waals surface area contributed by atoms with Crippen LogP contribution in [0.15, 0.2) is 54.6 Å². The Morgan fingerprint density at radius 3 is 2.18 bits per heavy atom. The number of carbonyl (C=O) groups excluding carboxylic acids is 2. The summed E-state index contributed by atoms with van der Waals surface area (Å²) in [5.74, 6) is -0.0707. The van der Waals surface area contributed by atoms with E-state index in [1.165, 1.54) is 0 Å². The van der Waals surface area contributed by atoms with E-state index in [1.54, 1.807) is 0 Å². The molecule has 1 heterocycles. The topological polar surface area (TPSA) is 61.4 Å². The van der Waals surface area contributed by atoms with E-state index in [0.29, 0.717) is 6.54 Å². The number of amides is 2. The molecule has 2 aromatic rings. The number of rotatable bonds is 4. The maximum atomic E-state index is 12.7. The molecular formula is C23H29N3O2. The highest BCUT2D eigenvalue weighted by Crippen LogP contribution is 2.25. The minimum atomic E-state index is -0.417. The van der Waals surface area contributed by atoms with Crippen molar-refractivity contribution in [2.75, 3.05) is 23.7 Å². The van der Waals surface area contributed by atoms with Gasteiger partial charge in [0, 0.05) is 35.6 Å². The molecule has 5 heteroatoms. The molecule has 2 N–H and O–H groups in total. The summed E-state index contributed by atoms with van der Waals surface area (Å²) in [5.41, 5.74) is 2.33. The Hall–Kier alpha value is -2.82. The van der Waals surface area contributed by atoms with Crippen LogP contribution in [0.25, 0.3) is 0 Å². The van der Waals surface area contributed by atoms with E-state index < -0.39 is 5.41 Å². The summed E-state index contributed by atoms with van der Waals surface area (Å²) < 4.78 is 0. The summed E-state index contributed by atoms with van der Waals surface area (Å²) >= 11 is 0. The van der Waals surface area contributed by atoms with Gasteiger partial charge in [0.05, 0.1) is 5.92 Å². The van der Waals surface area contributed by atoms with E-state index in [0.717, 1.165) is 36.4 Å². The van der Waals surface area contributed by atoms with Crippen molar-refractivity contribution < 1.29 is 9.59 Å². The van der Waals surface area contributed by atoms with Gasteiger partial charge in [0.1, 0.15) is 0 Å². The first-order valence-corrected chi connectivity index (χ1v) is 9.85. The van der Waals surface area contributed by atoms with Crippen LogP contribution in [0.4, 0.5) is 17.1 Å². The third kappa shape index (κ3) is 5.12. The monoisotopic (exact) mass is 379 g/mol. The number of hydrogen-bond acceptors (Lipinski definition) is 3. The van der Waals surface area contributed by atoms with Gasteiger partial charge < -0.3 is 15.5 Å². The highest BCUT2D eigenvalue weighted by atomic mass is 16.2. The maximum absolute atomic E-state index is 12.7. The number of para-hydroxylation sites is 1. The highest BCUT2D eigenvalue weighted by molar-refractivity contribution is 5.93.